The molecule has 1 heterocycles. The van der Waals surface area contributed by atoms with Crippen molar-refractivity contribution in [2.75, 3.05) is 26.2 Å². The summed E-state index contributed by atoms with van der Waals surface area (Å²) in [6.07, 6.45) is -4.87. The van der Waals surface area contributed by atoms with E-state index in [0.29, 0.717) is 21.7 Å². The quantitative estimate of drug-likeness (QED) is 0.453. The van der Waals surface area contributed by atoms with Gasteiger partial charge in [0.1, 0.15) is 5.82 Å². The molecule has 4 nitrogen and oxygen atoms in total. The van der Waals surface area contributed by atoms with Crippen LogP contribution >= 0.6 is 23.2 Å². The SMILES string of the molecule is O=C(C#Cc1ccc(Cl)c(Cl)c1)N1CCN(C(=O)c2ccc(F)cc2C(F)(F)F)CC1. The van der Waals surface area contributed by atoms with E-state index in [-0.39, 0.29) is 26.2 Å². The third-order valence-corrected chi connectivity index (χ3v) is 5.34. The van der Waals surface area contributed by atoms with Crippen LogP contribution in [0.1, 0.15) is 21.5 Å². The van der Waals surface area contributed by atoms with E-state index >= 15 is 0 Å². The molecule has 0 atom stereocenters. The fourth-order valence-corrected chi connectivity index (χ4v) is 3.30. The van der Waals surface area contributed by atoms with Gasteiger partial charge in [-0.1, -0.05) is 29.1 Å². The minimum absolute atomic E-state index is 0.0215. The molecule has 2 aromatic carbocycles. The largest absolute Gasteiger partial charge is 0.417 e. The highest BCUT2D eigenvalue weighted by molar-refractivity contribution is 6.42. The maximum absolute atomic E-state index is 13.3. The van der Waals surface area contributed by atoms with E-state index in [2.05, 4.69) is 11.8 Å². The van der Waals surface area contributed by atoms with Gasteiger partial charge >= 0.3 is 6.18 Å². The Labute approximate surface area is 185 Å². The Bertz CT molecular complexity index is 1090. The van der Waals surface area contributed by atoms with Gasteiger partial charge in [0.2, 0.25) is 0 Å². The molecule has 1 fully saturated rings. The molecular formula is C21H14Cl2F4N2O2. The monoisotopic (exact) mass is 472 g/mol. The summed E-state index contributed by atoms with van der Waals surface area (Å²) in [6.45, 7) is 0.244. The first-order valence-electron chi connectivity index (χ1n) is 8.98. The molecule has 0 unspecified atom stereocenters. The Morgan fingerprint density at radius 1 is 0.903 bits per heavy atom. The standard InChI is InChI=1S/C21H14Cl2F4N2O2/c22-17-5-1-13(11-18(17)23)2-6-19(30)28-7-9-29(10-8-28)20(31)15-4-3-14(24)12-16(15)21(25,26)27/h1,3-5,11-12H,7-10H2. The lowest BCUT2D eigenvalue weighted by Gasteiger charge is -2.34. The topological polar surface area (TPSA) is 40.6 Å². The van der Waals surface area contributed by atoms with E-state index in [1.165, 1.54) is 15.9 Å². The van der Waals surface area contributed by atoms with Crippen molar-refractivity contribution in [1.82, 2.24) is 9.80 Å². The lowest BCUT2D eigenvalue weighted by molar-refractivity contribution is -0.138. The third kappa shape index (κ3) is 5.49. The number of halogens is 6. The predicted octanol–water partition coefficient (Wildman–Crippen LogP) is 4.49. The maximum Gasteiger partial charge on any atom is 0.417 e. The molecule has 2 amide bonds. The molecule has 1 saturated heterocycles. The van der Waals surface area contributed by atoms with Gasteiger partial charge < -0.3 is 9.80 Å². The summed E-state index contributed by atoms with van der Waals surface area (Å²) in [4.78, 5) is 27.5. The van der Waals surface area contributed by atoms with Crippen molar-refractivity contribution in [3.63, 3.8) is 0 Å². The molecule has 0 spiro atoms. The molecule has 1 aliphatic heterocycles. The normalized spacial score (nSPS) is 14.1. The van der Waals surface area contributed by atoms with Gasteiger partial charge in [-0.05, 0) is 36.4 Å². The fourth-order valence-electron chi connectivity index (χ4n) is 3.00. The first kappa shape index (κ1) is 22.9. The van der Waals surface area contributed by atoms with Gasteiger partial charge in [-0.15, -0.1) is 0 Å². The smallest absolute Gasteiger partial charge is 0.335 e. The predicted molar refractivity (Wildman–Crippen MR) is 107 cm³/mol. The molecule has 162 valence electrons. The van der Waals surface area contributed by atoms with E-state index in [1.807, 2.05) is 0 Å². The van der Waals surface area contributed by atoms with Gasteiger partial charge in [0.25, 0.3) is 11.8 Å². The van der Waals surface area contributed by atoms with Crippen LogP contribution < -0.4 is 0 Å². The van der Waals surface area contributed by atoms with Crippen molar-refractivity contribution < 1.29 is 27.2 Å². The number of benzene rings is 2. The molecular weight excluding hydrogens is 459 g/mol. The van der Waals surface area contributed by atoms with Crippen molar-refractivity contribution >= 4 is 35.0 Å². The zero-order valence-corrected chi connectivity index (χ0v) is 17.3. The molecule has 2 aromatic rings. The van der Waals surface area contributed by atoms with Crippen LogP contribution in [0.2, 0.25) is 10.0 Å². The van der Waals surface area contributed by atoms with Gasteiger partial charge in [-0.2, -0.15) is 13.2 Å². The van der Waals surface area contributed by atoms with E-state index in [0.717, 1.165) is 12.1 Å². The van der Waals surface area contributed by atoms with E-state index in [9.17, 15) is 27.2 Å². The van der Waals surface area contributed by atoms with E-state index in [1.54, 1.807) is 12.1 Å². The second kappa shape index (κ2) is 9.16. The molecule has 0 aliphatic carbocycles. The first-order chi connectivity index (χ1) is 14.6. The second-order valence-electron chi connectivity index (χ2n) is 6.65. The Kier molecular flexibility index (Phi) is 6.77. The van der Waals surface area contributed by atoms with Crippen LogP contribution in [0.4, 0.5) is 17.6 Å². The third-order valence-electron chi connectivity index (χ3n) is 4.60. The number of piperazine rings is 1. The summed E-state index contributed by atoms with van der Waals surface area (Å²) in [5, 5.41) is 0.654. The van der Waals surface area contributed by atoms with Crippen LogP contribution in [0.5, 0.6) is 0 Å². The number of alkyl halides is 3. The maximum atomic E-state index is 13.3. The van der Waals surface area contributed by atoms with Crippen LogP contribution in [0.25, 0.3) is 0 Å². The number of nitrogens with zero attached hydrogens (tertiary/aromatic N) is 2. The zero-order valence-electron chi connectivity index (χ0n) is 15.8. The summed E-state index contributed by atoms with van der Waals surface area (Å²) in [5.41, 5.74) is -1.47. The Morgan fingerprint density at radius 2 is 1.55 bits per heavy atom. The average molecular weight is 473 g/mol. The summed E-state index contributed by atoms with van der Waals surface area (Å²) < 4.78 is 52.8. The van der Waals surface area contributed by atoms with Gasteiger partial charge in [0.15, 0.2) is 0 Å². The first-order valence-corrected chi connectivity index (χ1v) is 9.74. The van der Waals surface area contributed by atoms with Crippen LogP contribution in [0.15, 0.2) is 36.4 Å². The van der Waals surface area contributed by atoms with Crippen LogP contribution in [-0.2, 0) is 11.0 Å². The number of hydrogen-bond donors (Lipinski definition) is 0. The van der Waals surface area contributed by atoms with Gasteiger partial charge in [-0.3, -0.25) is 9.59 Å². The number of hydrogen-bond acceptors (Lipinski definition) is 2. The van der Waals surface area contributed by atoms with Crippen molar-refractivity contribution in [2.45, 2.75) is 6.18 Å². The minimum Gasteiger partial charge on any atom is -0.335 e. The highest BCUT2D eigenvalue weighted by atomic mass is 35.5. The molecule has 0 N–H and O–H groups in total. The Hall–Kier alpha value is -2.76. The fraction of sp³-hybridized carbons (Fsp3) is 0.238. The van der Waals surface area contributed by atoms with E-state index in [4.69, 9.17) is 23.2 Å². The number of amides is 2. The summed E-state index contributed by atoms with van der Waals surface area (Å²) in [5.74, 6) is 2.69. The lowest BCUT2D eigenvalue weighted by Crippen LogP contribution is -2.50. The van der Waals surface area contributed by atoms with Crippen LogP contribution in [0.3, 0.4) is 0 Å². The van der Waals surface area contributed by atoms with Gasteiger partial charge in [0, 0.05) is 37.7 Å². The highest BCUT2D eigenvalue weighted by Crippen LogP contribution is 2.33. The van der Waals surface area contributed by atoms with Crippen molar-refractivity contribution in [1.29, 1.82) is 0 Å². The molecule has 1 aliphatic rings. The molecule has 0 saturated carbocycles. The zero-order chi connectivity index (χ0) is 22.8. The number of rotatable bonds is 1. The van der Waals surface area contributed by atoms with Gasteiger partial charge in [0.05, 0.1) is 21.2 Å². The molecule has 10 heteroatoms. The molecule has 31 heavy (non-hydrogen) atoms. The van der Waals surface area contributed by atoms with Crippen molar-refractivity contribution in [2.24, 2.45) is 0 Å². The second-order valence-corrected chi connectivity index (χ2v) is 7.47. The number of carbonyl (C=O) groups is 2. The molecule has 0 bridgehead atoms. The van der Waals surface area contributed by atoms with Crippen molar-refractivity contribution in [3.8, 4) is 11.8 Å². The summed E-state index contributed by atoms with van der Waals surface area (Å²) in [7, 11) is 0. The Morgan fingerprint density at radius 3 is 2.16 bits per heavy atom. The minimum atomic E-state index is -4.87. The molecule has 3 rings (SSSR count). The van der Waals surface area contributed by atoms with Crippen molar-refractivity contribution in [3.05, 3.63) is 69.0 Å². The Balaban J connectivity index is 1.66. The number of carbonyl (C=O) groups excluding carboxylic acids is 2. The summed E-state index contributed by atoms with van der Waals surface area (Å²) in [6, 6.07) is 6.59. The van der Waals surface area contributed by atoms with Crippen LogP contribution in [-0.4, -0.2) is 47.8 Å². The van der Waals surface area contributed by atoms with E-state index < -0.39 is 34.9 Å². The van der Waals surface area contributed by atoms with Gasteiger partial charge in [-0.25, -0.2) is 4.39 Å². The molecule has 0 aromatic heterocycles. The van der Waals surface area contributed by atoms with Crippen LogP contribution in [0, 0.1) is 17.7 Å². The molecule has 0 radical (unpaired) electrons. The lowest BCUT2D eigenvalue weighted by atomic mass is 10.0. The summed E-state index contributed by atoms with van der Waals surface area (Å²) >= 11 is 11.7. The average Bonchev–Trinajstić information content (AvgIpc) is 2.73. The highest BCUT2D eigenvalue weighted by Gasteiger charge is 2.37.